The molecule has 1 aliphatic rings. The van der Waals surface area contributed by atoms with Gasteiger partial charge in [-0.25, -0.2) is 4.39 Å². The number of alkyl halides is 3. The Kier molecular flexibility index (Phi) is 6.01. The van der Waals surface area contributed by atoms with E-state index in [2.05, 4.69) is 4.99 Å². The van der Waals surface area contributed by atoms with Gasteiger partial charge in [0.25, 0.3) is 0 Å². The Hall–Kier alpha value is -2.02. The Bertz CT molecular complexity index is 761. The van der Waals surface area contributed by atoms with Gasteiger partial charge in [0.2, 0.25) is 0 Å². The molecule has 0 bridgehead atoms. The average Bonchev–Trinajstić information content (AvgIpc) is 2.52. The van der Waals surface area contributed by atoms with Crippen LogP contribution in [0.5, 0.6) is 0 Å². The van der Waals surface area contributed by atoms with Crippen LogP contribution in [0.3, 0.4) is 0 Å². The molecule has 1 heterocycles. The monoisotopic (exact) mass is 370 g/mol. The van der Waals surface area contributed by atoms with Crippen LogP contribution in [0.25, 0.3) is 0 Å². The van der Waals surface area contributed by atoms with E-state index in [-0.39, 0.29) is 11.3 Å². The van der Waals surface area contributed by atoms with Crippen molar-refractivity contribution in [2.45, 2.75) is 46.3 Å². The van der Waals surface area contributed by atoms with Crippen LogP contribution in [0.2, 0.25) is 0 Å². The predicted molar refractivity (Wildman–Crippen MR) is 92.5 cm³/mol. The fraction of sp³-hybridized carbons (Fsp3) is 0.474. The third-order valence-corrected chi connectivity index (χ3v) is 4.45. The number of ketones is 1. The predicted octanol–water partition coefficient (Wildman–Crippen LogP) is 4.94. The maximum atomic E-state index is 14.3. The van der Waals surface area contributed by atoms with Crippen LogP contribution in [0.15, 0.2) is 34.5 Å². The Morgan fingerprint density at radius 3 is 2.38 bits per heavy atom. The number of halogens is 4. The average molecular weight is 370 g/mol. The molecule has 7 heteroatoms. The molecule has 0 radical (unpaired) electrons. The number of carbonyl (C=O) groups is 1. The smallest absolute Gasteiger partial charge is 0.295 e. The first-order chi connectivity index (χ1) is 12.0. The van der Waals surface area contributed by atoms with Crippen molar-refractivity contribution in [3.05, 3.63) is 46.4 Å². The molecule has 1 atom stereocenters. The van der Waals surface area contributed by atoms with Crippen molar-refractivity contribution in [1.29, 1.82) is 0 Å². The van der Waals surface area contributed by atoms with Crippen LogP contribution in [0.1, 0.15) is 51.3 Å². The molecule has 0 N–H and O–H groups in total. The minimum absolute atomic E-state index is 0.102. The fourth-order valence-electron chi connectivity index (χ4n) is 3.05. The summed E-state index contributed by atoms with van der Waals surface area (Å²) in [7, 11) is 0. The Morgan fingerprint density at radius 2 is 1.88 bits per heavy atom. The number of hydrogen-bond acceptors (Lipinski definition) is 3. The number of nitrogens with zero attached hydrogens (tertiary/aromatic N) is 2. The standard InChI is InChI=1S/C19H22F4N2O/c1-11(2)24-18-7-8-25(10-16(18)13(4)26)12(3)15-6-5-14(9-17(15)20)19(21,22)23/h5-6,9,12H,7-8,10H2,1-4H3. The molecule has 0 fully saturated rings. The van der Waals surface area contributed by atoms with E-state index in [9.17, 15) is 22.4 Å². The van der Waals surface area contributed by atoms with E-state index in [0.717, 1.165) is 17.5 Å². The van der Waals surface area contributed by atoms with Gasteiger partial charge >= 0.3 is 6.18 Å². The summed E-state index contributed by atoms with van der Waals surface area (Å²) in [6, 6.07) is 2.12. The molecule has 1 aromatic rings. The van der Waals surface area contributed by atoms with Crippen LogP contribution in [0.4, 0.5) is 17.6 Å². The molecule has 0 aromatic heterocycles. The zero-order valence-corrected chi connectivity index (χ0v) is 15.2. The minimum atomic E-state index is -4.58. The van der Waals surface area contributed by atoms with Gasteiger partial charge in [0.15, 0.2) is 5.78 Å². The lowest BCUT2D eigenvalue weighted by molar-refractivity contribution is -0.137. The van der Waals surface area contributed by atoms with Crippen molar-refractivity contribution >= 4 is 11.5 Å². The first-order valence-corrected chi connectivity index (χ1v) is 8.36. The van der Waals surface area contributed by atoms with Crippen LogP contribution in [-0.2, 0) is 11.0 Å². The normalized spacial score (nSPS) is 17.2. The summed E-state index contributed by atoms with van der Waals surface area (Å²) in [5.41, 5.74) is 1.31. The maximum absolute atomic E-state index is 14.3. The van der Waals surface area contributed by atoms with E-state index in [1.54, 1.807) is 6.92 Å². The highest BCUT2D eigenvalue weighted by molar-refractivity contribution is 5.95. The number of benzene rings is 1. The topological polar surface area (TPSA) is 32.7 Å². The number of aliphatic imine (C=N–C) groups is 1. The molecule has 0 saturated carbocycles. The number of hydrogen-bond donors (Lipinski definition) is 0. The van der Waals surface area contributed by atoms with Crippen LogP contribution in [0, 0.1) is 5.82 Å². The molecule has 0 saturated heterocycles. The molecule has 0 aliphatic carbocycles. The Morgan fingerprint density at radius 1 is 1.23 bits per heavy atom. The van der Waals surface area contributed by atoms with Crippen LogP contribution < -0.4 is 0 Å². The minimum Gasteiger partial charge on any atom is -0.295 e. The highest BCUT2D eigenvalue weighted by atomic mass is 19.4. The molecule has 142 valence electrons. The van der Waals surface area contributed by atoms with E-state index < -0.39 is 23.6 Å². The summed E-state index contributed by atoms with van der Waals surface area (Å²) in [6.07, 6.45) is -4.05. The van der Waals surface area contributed by atoms with Crippen molar-refractivity contribution in [1.82, 2.24) is 4.90 Å². The largest absolute Gasteiger partial charge is 0.416 e. The van der Waals surface area contributed by atoms with Crippen LogP contribution in [-0.4, -0.2) is 29.5 Å². The van der Waals surface area contributed by atoms with Gasteiger partial charge in [-0.15, -0.1) is 0 Å². The van der Waals surface area contributed by atoms with Gasteiger partial charge in [-0.05, 0) is 39.8 Å². The summed E-state index contributed by atoms with van der Waals surface area (Å²) >= 11 is 0. The van der Waals surface area contributed by atoms with Gasteiger partial charge in [-0.2, -0.15) is 13.2 Å². The van der Waals surface area contributed by atoms with Crippen LogP contribution >= 0.6 is 0 Å². The zero-order chi connectivity index (χ0) is 19.6. The third-order valence-electron chi connectivity index (χ3n) is 4.45. The first kappa shape index (κ1) is 20.3. The lowest BCUT2D eigenvalue weighted by Gasteiger charge is -2.34. The summed E-state index contributed by atoms with van der Waals surface area (Å²) in [5.74, 6) is -0.997. The molecule has 1 aliphatic heterocycles. The van der Waals surface area contributed by atoms with E-state index in [4.69, 9.17) is 0 Å². The van der Waals surface area contributed by atoms with Crippen molar-refractivity contribution < 1.29 is 22.4 Å². The fourth-order valence-corrected chi connectivity index (χ4v) is 3.05. The van der Waals surface area contributed by atoms with Gasteiger partial charge < -0.3 is 0 Å². The van der Waals surface area contributed by atoms with Crippen molar-refractivity contribution in [3.63, 3.8) is 0 Å². The number of carbonyl (C=O) groups excluding carboxylic acids is 1. The molecule has 1 aromatic carbocycles. The summed E-state index contributed by atoms with van der Waals surface area (Å²) in [6.45, 7) is 7.72. The molecule has 0 spiro atoms. The maximum Gasteiger partial charge on any atom is 0.416 e. The molecular weight excluding hydrogens is 348 g/mol. The van der Waals surface area contributed by atoms with Crippen molar-refractivity contribution in [2.24, 2.45) is 4.99 Å². The summed E-state index contributed by atoms with van der Waals surface area (Å²) in [5, 5.41) is 0. The molecule has 2 rings (SSSR count). The second-order valence-corrected chi connectivity index (χ2v) is 6.67. The first-order valence-electron chi connectivity index (χ1n) is 8.36. The lowest BCUT2D eigenvalue weighted by Crippen LogP contribution is -2.36. The van der Waals surface area contributed by atoms with Crippen molar-refractivity contribution in [2.75, 3.05) is 13.1 Å². The van der Waals surface area contributed by atoms with E-state index in [1.807, 2.05) is 18.7 Å². The van der Waals surface area contributed by atoms with Gasteiger partial charge in [0.05, 0.1) is 5.56 Å². The summed E-state index contributed by atoms with van der Waals surface area (Å²) < 4.78 is 52.4. The highest BCUT2D eigenvalue weighted by Crippen LogP contribution is 2.34. The SMILES string of the molecule is CC(=O)C1=C(N=C(C)C)CCN(C(C)c2ccc(C(F)(F)F)cc2F)C1. The van der Waals surface area contributed by atoms with E-state index >= 15 is 0 Å². The van der Waals surface area contributed by atoms with Gasteiger partial charge in [0.1, 0.15) is 5.82 Å². The highest BCUT2D eigenvalue weighted by Gasteiger charge is 2.32. The molecular formula is C19H22F4N2O. The number of rotatable bonds is 4. The van der Waals surface area contributed by atoms with E-state index in [1.165, 1.54) is 13.0 Å². The second-order valence-electron chi connectivity index (χ2n) is 6.67. The van der Waals surface area contributed by atoms with Gasteiger partial charge in [-0.1, -0.05) is 6.07 Å². The van der Waals surface area contributed by atoms with Gasteiger partial charge in [-0.3, -0.25) is 14.7 Å². The zero-order valence-electron chi connectivity index (χ0n) is 15.2. The quantitative estimate of drug-likeness (QED) is 0.556. The van der Waals surface area contributed by atoms with Gasteiger partial charge in [0, 0.05) is 48.1 Å². The second kappa shape index (κ2) is 7.70. The molecule has 1 unspecified atom stereocenters. The summed E-state index contributed by atoms with van der Waals surface area (Å²) in [4.78, 5) is 18.3. The lowest BCUT2D eigenvalue weighted by atomic mass is 9.98. The Labute approximate surface area is 150 Å². The molecule has 26 heavy (non-hydrogen) atoms. The Balaban J connectivity index is 2.29. The number of Topliss-reactive ketones (excluding diaryl/α,β-unsaturated/α-hetero) is 1. The van der Waals surface area contributed by atoms with Crippen molar-refractivity contribution in [3.8, 4) is 0 Å². The molecule has 0 amide bonds. The molecule has 3 nitrogen and oxygen atoms in total. The van der Waals surface area contributed by atoms with E-state index in [0.29, 0.717) is 31.1 Å². The third kappa shape index (κ3) is 4.58.